The number of pyridine rings is 1. The van der Waals surface area contributed by atoms with Gasteiger partial charge in [-0.25, -0.2) is 0 Å². The number of ether oxygens (including phenoxy) is 1. The highest BCUT2D eigenvalue weighted by Gasteiger charge is 2.38. The van der Waals surface area contributed by atoms with Crippen LogP contribution in [0.25, 0.3) is 11.1 Å². The molecule has 5 nitrogen and oxygen atoms in total. The molecule has 1 aliphatic rings. The maximum atomic E-state index is 13.2. The van der Waals surface area contributed by atoms with Gasteiger partial charge in [-0.3, -0.25) is 4.79 Å². The summed E-state index contributed by atoms with van der Waals surface area (Å²) in [5, 5.41) is 12.3. The van der Waals surface area contributed by atoms with E-state index in [9.17, 15) is 36.3 Å². The van der Waals surface area contributed by atoms with Crippen LogP contribution in [0.3, 0.4) is 0 Å². The normalized spacial score (nSPS) is 14.2. The van der Waals surface area contributed by atoms with Crippen molar-refractivity contribution in [2.24, 2.45) is 0 Å². The molecule has 0 spiro atoms. The monoisotopic (exact) mass is 482 g/mol. The third kappa shape index (κ3) is 4.63. The number of carbonyl (C=O) groups is 1. The van der Waals surface area contributed by atoms with Crippen molar-refractivity contribution < 1.29 is 40.6 Å². The van der Waals surface area contributed by atoms with Gasteiger partial charge in [0.25, 0.3) is 5.91 Å². The van der Waals surface area contributed by atoms with Gasteiger partial charge in [-0.2, -0.15) is 26.3 Å². The number of amides is 1. The second-order valence-electron chi connectivity index (χ2n) is 7.57. The van der Waals surface area contributed by atoms with Gasteiger partial charge in [0.2, 0.25) is 0 Å². The summed E-state index contributed by atoms with van der Waals surface area (Å²) in [6.45, 7) is -0.581. The van der Waals surface area contributed by atoms with Crippen LogP contribution in [0.1, 0.15) is 27.0 Å². The van der Waals surface area contributed by atoms with Crippen molar-refractivity contribution in [3.8, 4) is 17.0 Å². The first kappa shape index (κ1) is 23.4. The number of alkyl halides is 6. The molecule has 0 saturated carbocycles. The van der Waals surface area contributed by atoms with Crippen molar-refractivity contribution in [2.75, 3.05) is 13.2 Å². The molecule has 0 N–H and O–H groups in total. The summed E-state index contributed by atoms with van der Waals surface area (Å²) in [7, 11) is 0. The Kier molecular flexibility index (Phi) is 5.88. The fraction of sp³-hybridized carbons (Fsp3) is 0.217. The van der Waals surface area contributed by atoms with Gasteiger partial charge in [-0.15, -0.1) is 4.73 Å². The summed E-state index contributed by atoms with van der Waals surface area (Å²) in [5.74, 6) is -1.13. The molecule has 0 saturated heterocycles. The maximum Gasteiger partial charge on any atom is 0.416 e. The summed E-state index contributed by atoms with van der Waals surface area (Å²) in [6.07, 6.45) is -8.94. The Hall–Kier alpha value is -3.76. The van der Waals surface area contributed by atoms with Crippen molar-refractivity contribution >= 4 is 5.91 Å². The van der Waals surface area contributed by atoms with E-state index in [0.717, 1.165) is 4.90 Å². The zero-order valence-corrected chi connectivity index (χ0v) is 17.3. The Labute approximate surface area is 189 Å². The minimum absolute atomic E-state index is 0.0362. The minimum Gasteiger partial charge on any atom is -0.616 e. The van der Waals surface area contributed by atoms with Crippen LogP contribution >= 0.6 is 0 Å². The van der Waals surface area contributed by atoms with Crippen molar-refractivity contribution in [3.63, 3.8) is 0 Å². The first-order valence-electron chi connectivity index (χ1n) is 9.97. The van der Waals surface area contributed by atoms with Gasteiger partial charge in [0.1, 0.15) is 6.61 Å². The molecule has 1 amide bonds. The van der Waals surface area contributed by atoms with Crippen molar-refractivity contribution in [1.82, 2.24) is 4.90 Å². The smallest absolute Gasteiger partial charge is 0.416 e. The predicted molar refractivity (Wildman–Crippen MR) is 108 cm³/mol. The number of aromatic nitrogens is 1. The van der Waals surface area contributed by atoms with Gasteiger partial charge < -0.3 is 14.8 Å². The standard InChI is InChI=1S/C23H16F6N2O3/c24-22(25,26)16-10-15(11-17(12-16)23(27,28)29)20(32)30-8-9-34-21-19(13-30)18(6-7-31(21)33)14-4-2-1-3-5-14/h1-7,10-12H,8-9,13H2. The summed E-state index contributed by atoms with van der Waals surface area (Å²) in [5.41, 5.74) is -2.41. The molecule has 0 aliphatic carbocycles. The van der Waals surface area contributed by atoms with Crippen LogP contribution < -0.4 is 9.47 Å². The number of hydrogen-bond donors (Lipinski definition) is 0. The molecular formula is C23H16F6N2O3. The lowest BCUT2D eigenvalue weighted by Gasteiger charge is -2.22. The molecule has 3 aromatic rings. The molecule has 4 rings (SSSR count). The Morgan fingerprint density at radius 2 is 1.56 bits per heavy atom. The molecule has 34 heavy (non-hydrogen) atoms. The molecule has 11 heteroatoms. The lowest BCUT2D eigenvalue weighted by Crippen LogP contribution is -2.33. The van der Waals surface area contributed by atoms with E-state index in [4.69, 9.17) is 4.74 Å². The Bertz CT molecular complexity index is 1190. The fourth-order valence-corrected chi connectivity index (χ4v) is 3.71. The Morgan fingerprint density at radius 3 is 2.15 bits per heavy atom. The summed E-state index contributed by atoms with van der Waals surface area (Å²) >= 11 is 0. The van der Waals surface area contributed by atoms with Crippen LogP contribution in [0.4, 0.5) is 26.3 Å². The van der Waals surface area contributed by atoms with E-state index in [-0.39, 0.29) is 37.2 Å². The molecule has 0 radical (unpaired) electrons. The van der Waals surface area contributed by atoms with Crippen LogP contribution in [0.5, 0.6) is 5.88 Å². The summed E-state index contributed by atoms with van der Waals surface area (Å²) in [6, 6.07) is 11.0. The third-order valence-corrected chi connectivity index (χ3v) is 5.32. The number of benzene rings is 2. The molecule has 2 heterocycles. The van der Waals surface area contributed by atoms with Crippen LogP contribution in [0.2, 0.25) is 0 Å². The highest BCUT2D eigenvalue weighted by Crippen LogP contribution is 2.37. The lowest BCUT2D eigenvalue weighted by molar-refractivity contribution is -0.613. The molecule has 0 unspecified atom stereocenters. The average molecular weight is 482 g/mol. The molecule has 0 bridgehead atoms. The van der Waals surface area contributed by atoms with Crippen molar-refractivity contribution in [3.05, 3.63) is 88.3 Å². The third-order valence-electron chi connectivity index (χ3n) is 5.32. The number of fused-ring (bicyclic) bond motifs is 1. The first-order chi connectivity index (χ1) is 15.9. The maximum absolute atomic E-state index is 13.2. The number of carbonyl (C=O) groups excluding carboxylic acids is 1. The van der Waals surface area contributed by atoms with E-state index in [1.807, 2.05) is 0 Å². The van der Waals surface area contributed by atoms with E-state index in [1.165, 1.54) is 12.3 Å². The highest BCUT2D eigenvalue weighted by molar-refractivity contribution is 5.95. The van der Waals surface area contributed by atoms with Gasteiger partial charge in [-0.05, 0) is 23.8 Å². The Morgan fingerprint density at radius 1 is 0.941 bits per heavy atom. The summed E-state index contributed by atoms with van der Waals surface area (Å²) in [4.78, 5) is 14.2. The largest absolute Gasteiger partial charge is 0.616 e. The van der Waals surface area contributed by atoms with E-state index in [0.29, 0.717) is 28.0 Å². The fourth-order valence-electron chi connectivity index (χ4n) is 3.71. The molecule has 0 fully saturated rings. The quantitative estimate of drug-likeness (QED) is 0.292. The molecule has 2 aromatic carbocycles. The van der Waals surface area contributed by atoms with Gasteiger partial charge in [-0.1, -0.05) is 30.3 Å². The van der Waals surface area contributed by atoms with E-state index in [2.05, 4.69) is 0 Å². The summed E-state index contributed by atoms with van der Waals surface area (Å²) < 4.78 is 85.4. The van der Waals surface area contributed by atoms with E-state index < -0.39 is 35.0 Å². The number of rotatable bonds is 2. The van der Waals surface area contributed by atoms with Gasteiger partial charge >= 0.3 is 18.2 Å². The first-order valence-corrected chi connectivity index (χ1v) is 9.97. The molecule has 178 valence electrons. The van der Waals surface area contributed by atoms with Crippen LogP contribution in [0, 0.1) is 5.21 Å². The second kappa shape index (κ2) is 8.54. The van der Waals surface area contributed by atoms with Crippen molar-refractivity contribution in [1.29, 1.82) is 0 Å². The predicted octanol–water partition coefficient (Wildman–Crippen LogP) is 5.06. The SMILES string of the molecule is O=C(c1cc(C(F)(F)F)cc(C(F)(F)F)c1)N1CCOc2c(c(-c3ccccc3)cc[n+]2[O-])C1. The van der Waals surface area contributed by atoms with Gasteiger partial charge in [0.05, 0.1) is 29.8 Å². The molecule has 1 aliphatic heterocycles. The minimum atomic E-state index is -5.08. The van der Waals surface area contributed by atoms with Crippen LogP contribution in [-0.2, 0) is 18.9 Å². The zero-order chi connectivity index (χ0) is 24.7. The topological polar surface area (TPSA) is 56.5 Å². The van der Waals surface area contributed by atoms with Crippen LogP contribution in [0.15, 0.2) is 60.8 Å². The van der Waals surface area contributed by atoms with Crippen LogP contribution in [-0.4, -0.2) is 24.0 Å². The number of halogens is 6. The van der Waals surface area contributed by atoms with Crippen molar-refractivity contribution in [2.45, 2.75) is 18.9 Å². The highest BCUT2D eigenvalue weighted by atomic mass is 19.4. The average Bonchev–Trinajstić information content (AvgIpc) is 3.02. The Balaban J connectivity index is 1.77. The number of hydrogen-bond acceptors (Lipinski definition) is 3. The van der Waals surface area contributed by atoms with Gasteiger partial charge in [0.15, 0.2) is 6.20 Å². The van der Waals surface area contributed by atoms with E-state index >= 15 is 0 Å². The van der Waals surface area contributed by atoms with Gasteiger partial charge in [0, 0.05) is 17.2 Å². The second-order valence-corrected chi connectivity index (χ2v) is 7.57. The molecular weight excluding hydrogens is 466 g/mol. The molecule has 1 aromatic heterocycles. The van der Waals surface area contributed by atoms with E-state index in [1.54, 1.807) is 30.3 Å². The number of nitrogens with zero attached hydrogens (tertiary/aromatic N) is 2. The lowest BCUT2D eigenvalue weighted by atomic mass is 10.00. The molecule has 0 atom stereocenters. The zero-order valence-electron chi connectivity index (χ0n) is 17.3.